The number of aliphatic hydroxyl groups excluding tert-OH is 1. The molecule has 1 saturated heterocycles. The van der Waals surface area contributed by atoms with Crippen molar-refractivity contribution in [2.45, 2.75) is 31.7 Å². The van der Waals surface area contributed by atoms with Crippen LogP contribution >= 0.6 is 0 Å². The molecule has 4 heteroatoms. The topological polar surface area (TPSA) is 36.4 Å². The van der Waals surface area contributed by atoms with Gasteiger partial charge in [-0.2, -0.15) is 4.39 Å². The van der Waals surface area contributed by atoms with Crippen LogP contribution in [-0.4, -0.2) is 29.3 Å². The summed E-state index contributed by atoms with van der Waals surface area (Å²) >= 11 is 0. The van der Waals surface area contributed by atoms with Gasteiger partial charge in [-0.15, -0.1) is 0 Å². The van der Waals surface area contributed by atoms with Crippen LogP contribution < -0.4 is 4.90 Å². The van der Waals surface area contributed by atoms with Crippen molar-refractivity contribution in [3.63, 3.8) is 0 Å². The Morgan fingerprint density at radius 1 is 1.44 bits per heavy atom. The van der Waals surface area contributed by atoms with Crippen LogP contribution in [0.3, 0.4) is 0 Å². The van der Waals surface area contributed by atoms with Crippen molar-refractivity contribution in [1.29, 1.82) is 0 Å². The van der Waals surface area contributed by atoms with Crippen molar-refractivity contribution in [2.24, 2.45) is 0 Å². The molecule has 1 aliphatic heterocycles. The maximum Gasteiger partial charge on any atom is 0.214 e. The molecule has 1 fully saturated rings. The molecule has 0 saturated carbocycles. The first kappa shape index (κ1) is 11.3. The number of hydrogen-bond acceptors (Lipinski definition) is 3. The lowest BCUT2D eigenvalue weighted by Gasteiger charge is -2.36. The minimum Gasteiger partial charge on any atom is -0.396 e. The first-order chi connectivity index (χ1) is 7.81. The molecule has 1 unspecified atom stereocenters. The molecule has 3 nitrogen and oxygen atoms in total. The van der Waals surface area contributed by atoms with E-state index in [9.17, 15) is 4.39 Å². The van der Waals surface area contributed by atoms with E-state index in [0.717, 1.165) is 25.8 Å². The van der Waals surface area contributed by atoms with E-state index in [2.05, 4.69) is 9.88 Å². The lowest BCUT2D eigenvalue weighted by Crippen LogP contribution is -2.40. The number of anilines is 1. The molecule has 1 aromatic heterocycles. The summed E-state index contributed by atoms with van der Waals surface area (Å²) in [7, 11) is 0. The highest BCUT2D eigenvalue weighted by atomic mass is 19.1. The Bertz CT molecular complexity index is 344. The van der Waals surface area contributed by atoms with E-state index in [0.29, 0.717) is 11.9 Å². The van der Waals surface area contributed by atoms with Gasteiger partial charge in [0.1, 0.15) is 5.82 Å². The van der Waals surface area contributed by atoms with Gasteiger partial charge in [-0.3, -0.25) is 0 Å². The fourth-order valence-corrected chi connectivity index (χ4v) is 2.31. The van der Waals surface area contributed by atoms with Crippen LogP contribution in [0.2, 0.25) is 0 Å². The van der Waals surface area contributed by atoms with E-state index in [4.69, 9.17) is 5.11 Å². The molecular weight excluding hydrogens is 207 g/mol. The van der Waals surface area contributed by atoms with Crippen molar-refractivity contribution in [2.75, 3.05) is 18.1 Å². The van der Waals surface area contributed by atoms with Crippen molar-refractivity contribution in [1.82, 2.24) is 4.98 Å². The number of hydrogen-bond donors (Lipinski definition) is 1. The fourth-order valence-electron chi connectivity index (χ4n) is 2.31. The minimum atomic E-state index is -0.439. The van der Waals surface area contributed by atoms with Gasteiger partial charge in [-0.05, 0) is 37.8 Å². The molecule has 0 amide bonds. The van der Waals surface area contributed by atoms with Crippen LogP contribution in [0.5, 0.6) is 0 Å². The Hall–Kier alpha value is -1.16. The maximum atomic E-state index is 13.0. The molecule has 88 valence electrons. The van der Waals surface area contributed by atoms with E-state index < -0.39 is 5.95 Å². The molecule has 0 aliphatic carbocycles. The molecule has 2 heterocycles. The molecule has 0 aromatic carbocycles. The highest BCUT2D eigenvalue weighted by Gasteiger charge is 2.23. The number of piperidine rings is 1. The number of pyridine rings is 1. The Labute approximate surface area is 94.9 Å². The maximum absolute atomic E-state index is 13.0. The van der Waals surface area contributed by atoms with Crippen LogP contribution in [0.15, 0.2) is 18.2 Å². The van der Waals surface area contributed by atoms with Crippen LogP contribution in [0.1, 0.15) is 25.7 Å². The predicted molar refractivity (Wildman–Crippen MR) is 60.9 cm³/mol. The summed E-state index contributed by atoms with van der Waals surface area (Å²) in [6.45, 7) is 1.08. The Morgan fingerprint density at radius 2 is 2.31 bits per heavy atom. The van der Waals surface area contributed by atoms with E-state index in [1.807, 2.05) is 6.07 Å². The largest absolute Gasteiger partial charge is 0.396 e. The molecule has 1 aromatic rings. The van der Waals surface area contributed by atoms with Crippen LogP contribution in [0.25, 0.3) is 0 Å². The van der Waals surface area contributed by atoms with Crippen molar-refractivity contribution in [3.8, 4) is 0 Å². The molecule has 0 spiro atoms. The summed E-state index contributed by atoms with van der Waals surface area (Å²) in [5, 5.41) is 9.02. The van der Waals surface area contributed by atoms with Gasteiger partial charge in [-0.1, -0.05) is 6.07 Å². The standard InChI is InChI=1S/C12H17FN2O/c13-11-5-3-6-12(14-11)15-8-2-1-4-10(15)7-9-16/h3,5-6,10,16H,1-2,4,7-9H2. The van der Waals surface area contributed by atoms with Gasteiger partial charge in [0.2, 0.25) is 5.95 Å². The van der Waals surface area contributed by atoms with Gasteiger partial charge in [0, 0.05) is 19.2 Å². The van der Waals surface area contributed by atoms with Crippen LogP contribution in [0.4, 0.5) is 10.2 Å². The van der Waals surface area contributed by atoms with E-state index in [1.165, 1.54) is 12.5 Å². The summed E-state index contributed by atoms with van der Waals surface area (Å²) in [5.41, 5.74) is 0. The summed E-state index contributed by atoms with van der Waals surface area (Å²) in [4.78, 5) is 6.02. The Morgan fingerprint density at radius 3 is 3.06 bits per heavy atom. The Balaban J connectivity index is 2.16. The lowest BCUT2D eigenvalue weighted by atomic mass is 9.99. The first-order valence-corrected chi connectivity index (χ1v) is 5.81. The second-order valence-corrected chi connectivity index (χ2v) is 4.17. The van der Waals surface area contributed by atoms with Crippen LogP contribution in [0, 0.1) is 5.95 Å². The van der Waals surface area contributed by atoms with E-state index in [1.54, 1.807) is 6.07 Å². The van der Waals surface area contributed by atoms with Crippen molar-refractivity contribution in [3.05, 3.63) is 24.1 Å². The predicted octanol–water partition coefficient (Wildman–Crippen LogP) is 1.96. The molecule has 1 aliphatic rings. The Kier molecular flexibility index (Phi) is 3.72. The summed E-state index contributed by atoms with van der Waals surface area (Å²) in [6, 6.07) is 5.17. The number of rotatable bonds is 3. The SMILES string of the molecule is OCCC1CCCCN1c1cccc(F)n1. The average Bonchev–Trinajstić information content (AvgIpc) is 2.30. The molecule has 0 radical (unpaired) electrons. The van der Waals surface area contributed by atoms with Gasteiger partial charge in [0.25, 0.3) is 0 Å². The van der Waals surface area contributed by atoms with Gasteiger partial charge >= 0.3 is 0 Å². The van der Waals surface area contributed by atoms with E-state index in [-0.39, 0.29) is 6.61 Å². The highest BCUT2D eigenvalue weighted by molar-refractivity contribution is 5.39. The minimum absolute atomic E-state index is 0.177. The zero-order valence-corrected chi connectivity index (χ0v) is 9.27. The van der Waals surface area contributed by atoms with Gasteiger partial charge in [0.15, 0.2) is 0 Å². The number of aromatic nitrogens is 1. The number of halogens is 1. The third kappa shape index (κ3) is 2.50. The summed E-state index contributed by atoms with van der Waals surface area (Å²) in [5.74, 6) is 0.254. The van der Waals surface area contributed by atoms with Gasteiger partial charge in [-0.25, -0.2) is 4.98 Å². The molecule has 16 heavy (non-hydrogen) atoms. The molecule has 0 bridgehead atoms. The molecule has 1 N–H and O–H groups in total. The second kappa shape index (κ2) is 5.25. The average molecular weight is 224 g/mol. The molecule has 2 rings (SSSR count). The number of aliphatic hydroxyl groups is 1. The third-order valence-electron chi connectivity index (χ3n) is 3.08. The smallest absolute Gasteiger partial charge is 0.214 e. The zero-order chi connectivity index (χ0) is 11.4. The van der Waals surface area contributed by atoms with Gasteiger partial charge < -0.3 is 10.0 Å². The zero-order valence-electron chi connectivity index (χ0n) is 9.27. The van der Waals surface area contributed by atoms with Crippen LogP contribution in [-0.2, 0) is 0 Å². The fraction of sp³-hybridized carbons (Fsp3) is 0.583. The normalized spacial score (nSPS) is 21.1. The summed E-state index contributed by atoms with van der Waals surface area (Å²) in [6.07, 6.45) is 4.08. The quantitative estimate of drug-likeness (QED) is 0.797. The molecular formula is C12H17FN2O. The monoisotopic (exact) mass is 224 g/mol. The number of nitrogens with zero attached hydrogens (tertiary/aromatic N) is 2. The van der Waals surface area contributed by atoms with Gasteiger partial charge in [0.05, 0.1) is 0 Å². The third-order valence-corrected chi connectivity index (χ3v) is 3.08. The molecule has 1 atom stereocenters. The van der Waals surface area contributed by atoms with E-state index >= 15 is 0 Å². The van der Waals surface area contributed by atoms with Crippen molar-refractivity contribution >= 4 is 5.82 Å². The van der Waals surface area contributed by atoms with Crippen molar-refractivity contribution < 1.29 is 9.50 Å². The lowest BCUT2D eigenvalue weighted by molar-refractivity contribution is 0.262. The second-order valence-electron chi connectivity index (χ2n) is 4.17. The highest BCUT2D eigenvalue weighted by Crippen LogP contribution is 2.24. The summed E-state index contributed by atoms with van der Waals surface area (Å²) < 4.78 is 13.0. The first-order valence-electron chi connectivity index (χ1n) is 5.81.